The molecule has 1 aliphatic heterocycles. The van der Waals surface area contributed by atoms with Gasteiger partial charge in [0, 0.05) is 6.42 Å². The maximum atomic E-state index is 12.8. The van der Waals surface area contributed by atoms with Crippen molar-refractivity contribution in [1.29, 1.82) is 0 Å². The minimum Gasteiger partial charge on any atom is -0.394 e. The van der Waals surface area contributed by atoms with Crippen molar-refractivity contribution < 1.29 is 39.8 Å². The van der Waals surface area contributed by atoms with Crippen LogP contribution in [0.3, 0.4) is 0 Å². The number of hydrogen-bond donors (Lipinski definition) is 6. The second kappa shape index (κ2) is 26.8. The molecule has 0 spiro atoms. The Morgan fingerprint density at radius 1 is 0.750 bits per heavy atom. The third-order valence-corrected chi connectivity index (χ3v) is 8.26. The number of carbonyl (C=O) groups is 1. The lowest BCUT2D eigenvalue weighted by Crippen LogP contribution is -2.60. The second-order valence-corrected chi connectivity index (χ2v) is 12.3. The first kappa shape index (κ1) is 40.7. The van der Waals surface area contributed by atoms with Crippen LogP contribution in [-0.4, -0.2) is 87.5 Å². The molecule has 0 aromatic heterocycles. The van der Waals surface area contributed by atoms with Gasteiger partial charge in [-0.25, -0.2) is 0 Å². The minimum absolute atomic E-state index is 0.193. The van der Waals surface area contributed by atoms with E-state index in [0.29, 0.717) is 6.42 Å². The molecule has 7 atom stereocenters. The zero-order valence-electron chi connectivity index (χ0n) is 27.7. The lowest BCUT2D eigenvalue weighted by molar-refractivity contribution is -0.302. The van der Waals surface area contributed by atoms with Crippen LogP contribution < -0.4 is 5.32 Å². The summed E-state index contributed by atoms with van der Waals surface area (Å²) in [5.41, 5.74) is 0. The number of nitrogens with one attached hydrogen (secondary N) is 1. The molecule has 1 amide bonds. The third kappa shape index (κ3) is 18.6. The first-order valence-electron chi connectivity index (χ1n) is 17.6. The van der Waals surface area contributed by atoms with Crippen LogP contribution in [0.15, 0.2) is 24.3 Å². The summed E-state index contributed by atoms with van der Waals surface area (Å²) in [5, 5.41) is 53.5. The van der Waals surface area contributed by atoms with Crippen LogP contribution in [0.2, 0.25) is 0 Å². The van der Waals surface area contributed by atoms with Gasteiger partial charge in [0.1, 0.15) is 24.4 Å². The van der Waals surface area contributed by atoms with E-state index in [1.807, 2.05) is 6.08 Å². The Kier molecular flexibility index (Phi) is 24.8. The average Bonchev–Trinajstić information content (AvgIpc) is 3.02. The Morgan fingerprint density at radius 2 is 1.30 bits per heavy atom. The molecule has 6 N–H and O–H groups in total. The van der Waals surface area contributed by atoms with Gasteiger partial charge in [-0.3, -0.25) is 4.79 Å². The predicted molar refractivity (Wildman–Crippen MR) is 175 cm³/mol. The monoisotopic (exact) mass is 627 g/mol. The number of aliphatic hydroxyl groups excluding tert-OH is 5. The van der Waals surface area contributed by atoms with Crippen molar-refractivity contribution >= 4 is 5.91 Å². The van der Waals surface area contributed by atoms with Crippen molar-refractivity contribution in [3.63, 3.8) is 0 Å². The summed E-state index contributed by atoms with van der Waals surface area (Å²) in [6, 6.07) is -0.812. The molecule has 0 aromatic rings. The molecular formula is C35H65NO8. The Labute approximate surface area is 267 Å². The van der Waals surface area contributed by atoms with Gasteiger partial charge >= 0.3 is 0 Å². The van der Waals surface area contributed by atoms with Crippen LogP contribution in [0.4, 0.5) is 0 Å². The van der Waals surface area contributed by atoms with E-state index in [0.717, 1.165) is 44.9 Å². The van der Waals surface area contributed by atoms with E-state index < -0.39 is 49.5 Å². The van der Waals surface area contributed by atoms with Gasteiger partial charge in [0.25, 0.3) is 0 Å². The van der Waals surface area contributed by atoms with Crippen LogP contribution in [-0.2, 0) is 14.3 Å². The first-order chi connectivity index (χ1) is 21.3. The first-order valence-corrected chi connectivity index (χ1v) is 17.6. The fourth-order valence-electron chi connectivity index (χ4n) is 5.35. The fraction of sp³-hybridized carbons (Fsp3) is 0.857. The zero-order valence-corrected chi connectivity index (χ0v) is 27.7. The number of ether oxygens (including phenoxy) is 2. The van der Waals surface area contributed by atoms with Crippen LogP contribution >= 0.6 is 0 Å². The Hall–Kier alpha value is -1.33. The molecule has 1 fully saturated rings. The van der Waals surface area contributed by atoms with Crippen molar-refractivity contribution in [1.82, 2.24) is 5.32 Å². The molecule has 0 aromatic carbocycles. The Morgan fingerprint density at radius 3 is 1.86 bits per heavy atom. The molecule has 1 heterocycles. The summed E-state index contributed by atoms with van der Waals surface area (Å²) in [6.07, 6.45) is 21.1. The molecule has 0 bridgehead atoms. The van der Waals surface area contributed by atoms with E-state index in [4.69, 9.17) is 9.47 Å². The van der Waals surface area contributed by atoms with E-state index in [2.05, 4.69) is 31.3 Å². The highest BCUT2D eigenvalue weighted by Gasteiger charge is 2.44. The van der Waals surface area contributed by atoms with Crippen LogP contribution in [0.1, 0.15) is 136 Å². The van der Waals surface area contributed by atoms with Crippen molar-refractivity contribution in [2.24, 2.45) is 0 Å². The van der Waals surface area contributed by atoms with Crippen molar-refractivity contribution in [3.8, 4) is 0 Å². The summed E-state index contributed by atoms with van der Waals surface area (Å²) in [7, 11) is 0. The van der Waals surface area contributed by atoms with Gasteiger partial charge in [-0.1, -0.05) is 128 Å². The SMILES string of the molecule is CCC/C=C/CC/C=C/C(O)C(COC1OC(CO)C(O)C(O)C1O)NC(=O)CCCCCCCCCCCCCCCC. The molecule has 1 saturated heterocycles. The van der Waals surface area contributed by atoms with Crippen molar-refractivity contribution in [2.75, 3.05) is 13.2 Å². The number of aliphatic hydroxyl groups is 5. The average molecular weight is 628 g/mol. The van der Waals surface area contributed by atoms with E-state index in [1.54, 1.807) is 6.08 Å². The summed E-state index contributed by atoms with van der Waals surface area (Å²) >= 11 is 0. The molecule has 0 aliphatic carbocycles. The lowest BCUT2D eigenvalue weighted by atomic mass is 9.99. The van der Waals surface area contributed by atoms with Gasteiger partial charge in [-0.05, 0) is 25.7 Å². The van der Waals surface area contributed by atoms with Gasteiger partial charge in [-0.15, -0.1) is 0 Å². The lowest BCUT2D eigenvalue weighted by Gasteiger charge is -2.40. The van der Waals surface area contributed by atoms with E-state index in [-0.39, 0.29) is 12.5 Å². The highest BCUT2D eigenvalue weighted by molar-refractivity contribution is 5.76. The van der Waals surface area contributed by atoms with Crippen molar-refractivity contribution in [3.05, 3.63) is 24.3 Å². The molecule has 9 nitrogen and oxygen atoms in total. The third-order valence-electron chi connectivity index (χ3n) is 8.26. The molecule has 258 valence electrons. The topological polar surface area (TPSA) is 149 Å². The van der Waals surface area contributed by atoms with Gasteiger partial charge < -0.3 is 40.3 Å². The van der Waals surface area contributed by atoms with Crippen LogP contribution in [0, 0.1) is 0 Å². The highest BCUT2D eigenvalue weighted by Crippen LogP contribution is 2.22. The number of rotatable bonds is 27. The molecule has 9 heteroatoms. The van der Waals surface area contributed by atoms with E-state index in [1.165, 1.54) is 70.6 Å². The van der Waals surface area contributed by atoms with E-state index in [9.17, 15) is 30.3 Å². The smallest absolute Gasteiger partial charge is 0.220 e. The standard InChI is InChI=1S/C35H65NO8/c1-3-5-7-9-11-12-13-14-15-16-17-19-21-23-25-31(39)36-28(29(38)24-22-20-18-10-8-6-4-2)27-43-35-34(42)33(41)32(40)30(26-37)44-35/h8,10,22,24,28-30,32-35,37-38,40-42H,3-7,9,11-21,23,25-27H2,1-2H3,(H,36,39)/b10-8+,24-22+. The summed E-state index contributed by atoms with van der Waals surface area (Å²) in [4.78, 5) is 12.8. The normalized spacial score (nSPS) is 23.8. The molecule has 1 aliphatic rings. The van der Waals surface area contributed by atoms with Crippen LogP contribution in [0.5, 0.6) is 0 Å². The molecule has 7 unspecified atom stereocenters. The molecule has 0 radical (unpaired) electrons. The molecule has 44 heavy (non-hydrogen) atoms. The number of unbranched alkanes of at least 4 members (excludes halogenated alkanes) is 15. The molecular weight excluding hydrogens is 562 g/mol. The Balaban J connectivity index is 2.44. The zero-order chi connectivity index (χ0) is 32.4. The number of allylic oxidation sites excluding steroid dienone is 3. The molecule has 1 rings (SSSR count). The molecule has 0 saturated carbocycles. The summed E-state index contributed by atoms with van der Waals surface area (Å²) in [6.45, 7) is 3.61. The number of amides is 1. The summed E-state index contributed by atoms with van der Waals surface area (Å²) < 4.78 is 11.1. The highest BCUT2D eigenvalue weighted by atomic mass is 16.7. The number of carbonyl (C=O) groups excluding carboxylic acids is 1. The van der Waals surface area contributed by atoms with Gasteiger partial charge in [-0.2, -0.15) is 0 Å². The number of hydrogen-bond acceptors (Lipinski definition) is 8. The van der Waals surface area contributed by atoms with Gasteiger partial charge in [0.15, 0.2) is 6.29 Å². The van der Waals surface area contributed by atoms with Crippen LogP contribution in [0.25, 0.3) is 0 Å². The predicted octanol–water partition coefficient (Wildman–Crippen LogP) is 5.21. The van der Waals surface area contributed by atoms with Crippen molar-refractivity contribution in [2.45, 2.75) is 179 Å². The summed E-state index contributed by atoms with van der Waals surface area (Å²) in [5.74, 6) is -0.193. The largest absolute Gasteiger partial charge is 0.394 e. The minimum atomic E-state index is -1.56. The quantitative estimate of drug-likeness (QED) is 0.0537. The fourth-order valence-corrected chi connectivity index (χ4v) is 5.35. The van der Waals surface area contributed by atoms with Gasteiger partial charge in [0.2, 0.25) is 5.91 Å². The van der Waals surface area contributed by atoms with Gasteiger partial charge in [0.05, 0.1) is 25.4 Å². The maximum absolute atomic E-state index is 12.8. The second-order valence-electron chi connectivity index (χ2n) is 12.3. The van der Waals surface area contributed by atoms with E-state index >= 15 is 0 Å². The maximum Gasteiger partial charge on any atom is 0.220 e. The Bertz CT molecular complexity index is 746.